The highest BCUT2D eigenvalue weighted by Gasteiger charge is 2.30. The molecule has 0 saturated heterocycles. The number of carbonyl (C=O) groups is 2. The fraction of sp³-hybridized carbons (Fsp3) is 0.227. The standard InChI is InChI=1S/C22H20ClN7O3/c1-12-16(11-29(2)27-12)21(32)24-18-9-14(5-7-17(18)23)33-15-6-8-19-25-22(28-30(19)10-15)26-20(31)13-3-4-13/h5-11,13H,3-4H2,1-2H3,(H,24,32)(H,26,28,31). The predicted octanol–water partition coefficient (Wildman–Crippen LogP) is 3.82. The molecule has 1 aromatic carbocycles. The summed E-state index contributed by atoms with van der Waals surface area (Å²) in [5, 5.41) is 14.4. The van der Waals surface area contributed by atoms with E-state index in [1.54, 1.807) is 61.4 Å². The monoisotopic (exact) mass is 465 g/mol. The highest BCUT2D eigenvalue weighted by atomic mass is 35.5. The van der Waals surface area contributed by atoms with Gasteiger partial charge < -0.3 is 10.1 Å². The molecule has 0 atom stereocenters. The van der Waals surface area contributed by atoms with Crippen molar-refractivity contribution in [1.29, 1.82) is 0 Å². The normalized spacial score (nSPS) is 13.2. The molecule has 0 spiro atoms. The van der Waals surface area contributed by atoms with Gasteiger partial charge in [-0.15, -0.1) is 5.10 Å². The summed E-state index contributed by atoms with van der Waals surface area (Å²) >= 11 is 6.28. The van der Waals surface area contributed by atoms with E-state index in [9.17, 15) is 9.59 Å². The first-order chi connectivity index (χ1) is 15.9. The maximum Gasteiger partial charge on any atom is 0.259 e. The molecule has 2 N–H and O–H groups in total. The molecule has 3 heterocycles. The molecular formula is C22H20ClN7O3. The number of amides is 2. The highest BCUT2D eigenvalue weighted by Crippen LogP contribution is 2.31. The van der Waals surface area contributed by atoms with E-state index < -0.39 is 0 Å². The zero-order chi connectivity index (χ0) is 23.1. The van der Waals surface area contributed by atoms with Crippen molar-refractivity contribution in [1.82, 2.24) is 24.4 Å². The average Bonchev–Trinajstić information content (AvgIpc) is 3.46. The first-order valence-corrected chi connectivity index (χ1v) is 10.7. The van der Waals surface area contributed by atoms with Crippen LogP contribution in [-0.2, 0) is 11.8 Å². The number of halogens is 1. The van der Waals surface area contributed by atoms with Crippen LogP contribution >= 0.6 is 11.6 Å². The summed E-state index contributed by atoms with van der Waals surface area (Å²) in [6.07, 6.45) is 5.11. The van der Waals surface area contributed by atoms with Gasteiger partial charge in [0.2, 0.25) is 11.9 Å². The Balaban J connectivity index is 1.32. The van der Waals surface area contributed by atoms with Gasteiger partial charge in [-0.25, -0.2) is 4.52 Å². The minimum atomic E-state index is -0.315. The van der Waals surface area contributed by atoms with Gasteiger partial charge in [0.1, 0.15) is 11.5 Å². The van der Waals surface area contributed by atoms with E-state index in [1.165, 1.54) is 4.52 Å². The largest absolute Gasteiger partial charge is 0.456 e. The Morgan fingerprint density at radius 3 is 2.61 bits per heavy atom. The van der Waals surface area contributed by atoms with E-state index in [2.05, 4.69) is 25.8 Å². The second kappa shape index (κ2) is 8.21. The lowest BCUT2D eigenvalue weighted by Gasteiger charge is -2.10. The second-order valence-corrected chi connectivity index (χ2v) is 8.27. The number of ether oxygens (including phenoxy) is 1. The Morgan fingerprint density at radius 1 is 1.09 bits per heavy atom. The van der Waals surface area contributed by atoms with Gasteiger partial charge in [-0.05, 0) is 44.0 Å². The van der Waals surface area contributed by atoms with Crippen molar-refractivity contribution in [3.63, 3.8) is 0 Å². The van der Waals surface area contributed by atoms with E-state index in [-0.39, 0.29) is 23.7 Å². The Labute approximate surface area is 193 Å². The van der Waals surface area contributed by atoms with Crippen LogP contribution in [0.25, 0.3) is 5.65 Å². The van der Waals surface area contributed by atoms with E-state index in [0.717, 1.165) is 12.8 Å². The molecule has 33 heavy (non-hydrogen) atoms. The highest BCUT2D eigenvalue weighted by molar-refractivity contribution is 6.34. The number of nitrogens with one attached hydrogen (secondary N) is 2. The molecule has 1 aliphatic rings. The lowest BCUT2D eigenvalue weighted by molar-refractivity contribution is -0.117. The fourth-order valence-corrected chi connectivity index (χ4v) is 3.51. The van der Waals surface area contributed by atoms with Crippen molar-refractivity contribution in [3.8, 4) is 11.5 Å². The number of pyridine rings is 1. The predicted molar refractivity (Wildman–Crippen MR) is 122 cm³/mol. The van der Waals surface area contributed by atoms with Crippen LogP contribution in [-0.4, -0.2) is 36.2 Å². The Bertz CT molecular complexity index is 1390. The van der Waals surface area contributed by atoms with Crippen LogP contribution in [0.2, 0.25) is 5.02 Å². The maximum absolute atomic E-state index is 12.6. The van der Waals surface area contributed by atoms with Crippen LogP contribution in [0.4, 0.5) is 11.6 Å². The quantitative estimate of drug-likeness (QED) is 0.447. The van der Waals surface area contributed by atoms with Crippen molar-refractivity contribution in [2.75, 3.05) is 10.6 Å². The number of hydrogen-bond acceptors (Lipinski definition) is 6. The molecule has 1 saturated carbocycles. The number of fused-ring (bicyclic) bond motifs is 1. The van der Waals surface area contributed by atoms with Gasteiger partial charge in [0.25, 0.3) is 5.91 Å². The van der Waals surface area contributed by atoms with Gasteiger partial charge in [-0.3, -0.25) is 19.6 Å². The Kier molecular flexibility index (Phi) is 5.21. The van der Waals surface area contributed by atoms with E-state index in [4.69, 9.17) is 16.3 Å². The summed E-state index contributed by atoms with van der Waals surface area (Å²) in [5.41, 5.74) is 2.06. The number of hydrogen-bond donors (Lipinski definition) is 2. The van der Waals surface area contributed by atoms with Gasteiger partial charge in [0, 0.05) is 25.2 Å². The van der Waals surface area contributed by atoms with Crippen molar-refractivity contribution in [2.24, 2.45) is 13.0 Å². The molecule has 0 radical (unpaired) electrons. The van der Waals surface area contributed by atoms with Crippen molar-refractivity contribution in [3.05, 3.63) is 59.0 Å². The molecule has 0 bridgehead atoms. The lowest BCUT2D eigenvalue weighted by atomic mass is 10.2. The molecule has 5 rings (SSSR count). The third-order valence-electron chi connectivity index (χ3n) is 5.17. The molecule has 3 aromatic heterocycles. The van der Waals surface area contributed by atoms with Gasteiger partial charge in [0.05, 0.1) is 28.2 Å². The average molecular weight is 466 g/mol. The van der Waals surface area contributed by atoms with Crippen LogP contribution in [0.3, 0.4) is 0 Å². The van der Waals surface area contributed by atoms with Gasteiger partial charge >= 0.3 is 0 Å². The van der Waals surface area contributed by atoms with Crippen LogP contribution in [0, 0.1) is 12.8 Å². The summed E-state index contributed by atoms with van der Waals surface area (Å²) in [5.74, 6) is 0.918. The van der Waals surface area contributed by atoms with Crippen LogP contribution < -0.4 is 15.4 Å². The van der Waals surface area contributed by atoms with Crippen LogP contribution in [0.1, 0.15) is 28.9 Å². The zero-order valence-electron chi connectivity index (χ0n) is 17.9. The molecule has 1 fully saturated rings. The minimum Gasteiger partial charge on any atom is -0.456 e. The summed E-state index contributed by atoms with van der Waals surface area (Å²) in [6.45, 7) is 1.76. The number of benzene rings is 1. The van der Waals surface area contributed by atoms with Gasteiger partial charge in [-0.1, -0.05) is 11.6 Å². The third-order valence-corrected chi connectivity index (χ3v) is 5.50. The van der Waals surface area contributed by atoms with E-state index in [1.807, 2.05) is 0 Å². The smallest absolute Gasteiger partial charge is 0.259 e. The Morgan fingerprint density at radius 2 is 1.88 bits per heavy atom. The summed E-state index contributed by atoms with van der Waals surface area (Å²) in [7, 11) is 1.75. The molecule has 4 aromatic rings. The number of aryl methyl sites for hydroxylation is 2. The summed E-state index contributed by atoms with van der Waals surface area (Å²) < 4.78 is 9.04. The number of rotatable bonds is 6. The van der Waals surface area contributed by atoms with Crippen molar-refractivity contribution < 1.29 is 14.3 Å². The van der Waals surface area contributed by atoms with E-state index in [0.29, 0.717) is 39.1 Å². The van der Waals surface area contributed by atoms with Gasteiger partial charge in [-0.2, -0.15) is 10.1 Å². The number of nitrogens with zero attached hydrogens (tertiary/aromatic N) is 5. The fourth-order valence-electron chi connectivity index (χ4n) is 3.35. The van der Waals surface area contributed by atoms with Crippen LogP contribution in [0.15, 0.2) is 42.7 Å². The van der Waals surface area contributed by atoms with Crippen LogP contribution in [0.5, 0.6) is 11.5 Å². The van der Waals surface area contributed by atoms with Crippen molar-refractivity contribution >= 4 is 40.7 Å². The Hall–Kier alpha value is -3.92. The zero-order valence-corrected chi connectivity index (χ0v) is 18.6. The molecule has 10 nitrogen and oxygen atoms in total. The molecule has 0 unspecified atom stereocenters. The summed E-state index contributed by atoms with van der Waals surface area (Å²) in [6, 6.07) is 8.45. The summed E-state index contributed by atoms with van der Waals surface area (Å²) in [4.78, 5) is 28.9. The third kappa shape index (κ3) is 4.51. The van der Waals surface area contributed by atoms with Crippen molar-refractivity contribution in [2.45, 2.75) is 19.8 Å². The molecule has 0 aliphatic heterocycles. The van der Waals surface area contributed by atoms with E-state index >= 15 is 0 Å². The number of anilines is 2. The lowest BCUT2D eigenvalue weighted by Crippen LogP contribution is -2.14. The maximum atomic E-state index is 12.6. The molecular weight excluding hydrogens is 446 g/mol. The number of aromatic nitrogens is 5. The second-order valence-electron chi connectivity index (χ2n) is 7.87. The topological polar surface area (TPSA) is 115 Å². The molecule has 2 amide bonds. The molecule has 168 valence electrons. The van der Waals surface area contributed by atoms with Gasteiger partial charge in [0.15, 0.2) is 5.65 Å². The first kappa shape index (κ1) is 21.0. The first-order valence-electron chi connectivity index (χ1n) is 10.3. The minimum absolute atomic E-state index is 0.0559. The molecule has 1 aliphatic carbocycles. The molecule has 11 heteroatoms. The SMILES string of the molecule is Cc1nn(C)cc1C(=O)Nc1cc(Oc2ccc3nc(NC(=O)C4CC4)nn3c2)ccc1Cl. The number of carbonyl (C=O) groups excluding carboxylic acids is 2.